The van der Waals surface area contributed by atoms with Crippen LogP contribution in [0, 0.1) is 0 Å². The lowest BCUT2D eigenvalue weighted by molar-refractivity contribution is -0.104. The predicted molar refractivity (Wildman–Crippen MR) is 150 cm³/mol. The number of esters is 2. The third-order valence-corrected chi connectivity index (χ3v) is 4.63. The van der Waals surface area contributed by atoms with Gasteiger partial charge in [-0.05, 0) is 93.6 Å². The second kappa shape index (κ2) is 19.7. The zero-order valence-electron chi connectivity index (χ0n) is 22.9. The fourth-order valence-corrected chi connectivity index (χ4v) is 2.83. The number of benzene rings is 2. The third-order valence-electron chi connectivity index (χ3n) is 4.63. The number of rotatable bonds is 14. The van der Waals surface area contributed by atoms with E-state index in [4.69, 9.17) is 28.5 Å². The first-order chi connectivity index (χ1) is 18.9. The van der Waals surface area contributed by atoms with Gasteiger partial charge in [0.25, 0.3) is 0 Å². The molecule has 2 aromatic rings. The van der Waals surface area contributed by atoms with Gasteiger partial charge in [-0.1, -0.05) is 12.7 Å². The molecule has 0 radical (unpaired) electrons. The lowest BCUT2D eigenvalue weighted by Gasteiger charge is -2.08. The van der Waals surface area contributed by atoms with Crippen molar-refractivity contribution in [3.8, 4) is 11.5 Å². The number of allylic oxidation sites excluding steroid dienone is 6. The molecule has 0 aliphatic carbocycles. The average Bonchev–Trinajstić information content (AvgIpc) is 2.95. The first kappa shape index (κ1) is 32.6. The maximum absolute atomic E-state index is 12.6. The molecule has 0 atom stereocenters. The summed E-state index contributed by atoms with van der Waals surface area (Å²) in [5.74, 6) is 0.976. The van der Waals surface area contributed by atoms with E-state index in [1.807, 2.05) is 6.92 Å². The molecule has 0 amide bonds. The lowest BCUT2D eigenvalue weighted by Crippen LogP contribution is -2.05. The Labute approximate surface area is 230 Å². The summed E-state index contributed by atoms with van der Waals surface area (Å²) in [5.41, 5.74) is 0.781. The Bertz CT molecular complexity index is 1120. The Morgan fingerprint density at radius 2 is 1.38 bits per heavy atom. The standard InChI is InChI=1S/C28H32O7.C3H4O/c1-5-8-26(35-28(30)23-12-17-25(18-13-23)33-20-7-19-31-4)14-9-21(3)34-27(29)22-10-15-24(16-11-22)32-6-2;1-2-3-4/h5,8-18H,6-7,19-20H2,1-4H3;2-3H,1H2/b8-5-,21-9+,26-14+;. The maximum atomic E-state index is 12.6. The molecule has 0 bridgehead atoms. The molecule has 0 saturated heterocycles. The van der Waals surface area contributed by atoms with E-state index in [0.29, 0.717) is 60.3 Å². The minimum Gasteiger partial charge on any atom is -0.494 e. The van der Waals surface area contributed by atoms with Crippen LogP contribution in [0.25, 0.3) is 0 Å². The van der Waals surface area contributed by atoms with Gasteiger partial charge in [0.2, 0.25) is 0 Å². The molecule has 0 aromatic heterocycles. The summed E-state index contributed by atoms with van der Waals surface area (Å²) in [6.45, 7) is 10.1. The van der Waals surface area contributed by atoms with Crippen LogP contribution in [-0.4, -0.2) is 45.2 Å². The molecule has 0 saturated carbocycles. The van der Waals surface area contributed by atoms with E-state index in [1.54, 1.807) is 93.8 Å². The number of carbonyl (C=O) groups excluding carboxylic acids is 3. The molecule has 0 aliphatic rings. The number of ether oxygens (including phenoxy) is 5. The van der Waals surface area contributed by atoms with Crippen LogP contribution in [0.15, 0.2) is 97.0 Å². The molecule has 0 unspecified atom stereocenters. The molecule has 0 N–H and O–H groups in total. The Kier molecular flexibility index (Phi) is 16.4. The van der Waals surface area contributed by atoms with Crippen LogP contribution in [0.4, 0.5) is 0 Å². The molecule has 208 valence electrons. The van der Waals surface area contributed by atoms with Crippen molar-refractivity contribution < 1.29 is 38.1 Å². The highest BCUT2D eigenvalue weighted by molar-refractivity contribution is 5.91. The van der Waals surface area contributed by atoms with E-state index < -0.39 is 11.9 Å². The van der Waals surface area contributed by atoms with Crippen LogP contribution < -0.4 is 9.47 Å². The highest BCUT2D eigenvalue weighted by Gasteiger charge is 2.10. The number of methoxy groups -OCH3 is 1. The van der Waals surface area contributed by atoms with Crippen LogP contribution in [0.1, 0.15) is 47.9 Å². The molecule has 39 heavy (non-hydrogen) atoms. The smallest absolute Gasteiger partial charge is 0.343 e. The molecule has 8 nitrogen and oxygen atoms in total. The summed E-state index contributed by atoms with van der Waals surface area (Å²) in [5, 5.41) is 0. The van der Waals surface area contributed by atoms with Crippen LogP contribution in [0.3, 0.4) is 0 Å². The monoisotopic (exact) mass is 536 g/mol. The minimum absolute atomic E-state index is 0.300. The van der Waals surface area contributed by atoms with Crippen molar-refractivity contribution in [1.29, 1.82) is 0 Å². The minimum atomic E-state index is -0.516. The fraction of sp³-hybridized carbons (Fsp3) is 0.258. The molecule has 0 aliphatic heterocycles. The van der Waals surface area contributed by atoms with Gasteiger partial charge in [0.05, 0.1) is 24.3 Å². The van der Waals surface area contributed by atoms with Crippen LogP contribution >= 0.6 is 0 Å². The molecule has 2 aromatic carbocycles. The maximum Gasteiger partial charge on any atom is 0.343 e. The lowest BCUT2D eigenvalue weighted by atomic mass is 10.2. The van der Waals surface area contributed by atoms with Crippen LogP contribution in [0.5, 0.6) is 11.5 Å². The van der Waals surface area contributed by atoms with E-state index in [9.17, 15) is 9.59 Å². The summed E-state index contributed by atoms with van der Waals surface area (Å²) >= 11 is 0. The Balaban J connectivity index is 0.00000177. The van der Waals surface area contributed by atoms with E-state index in [-0.39, 0.29) is 0 Å². The fourth-order valence-electron chi connectivity index (χ4n) is 2.83. The highest BCUT2D eigenvalue weighted by Crippen LogP contribution is 2.16. The van der Waals surface area contributed by atoms with Gasteiger partial charge in [-0.25, -0.2) is 9.59 Å². The third kappa shape index (κ3) is 13.6. The summed E-state index contributed by atoms with van der Waals surface area (Å²) in [4.78, 5) is 33.9. The SMILES string of the molecule is C=CC=O.C\C=C/C(=C\C=C(/C)OC(=O)c1ccc(OCC)cc1)OC(=O)c1ccc(OCCCOC)cc1. The molecule has 8 heteroatoms. The number of aldehydes is 1. The predicted octanol–water partition coefficient (Wildman–Crippen LogP) is 6.25. The van der Waals surface area contributed by atoms with Crippen molar-refractivity contribution in [2.75, 3.05) is 26.9 Å². The zero-order valence-corrected chi connectivity index (χ0v) is 22.9. The van der Waals surface area contributed by atoms with Crippen LogP contribution in [-0.2, 0) is 19.0 Å². The Morgan fingerprint density at radius 1 is 0.846 bits per heavy atom. The summed E-state index contributed by atoms with van der Waals surface area (Å²) < 4.78 is 26.8. The van der Waals surface area contributed by atoms with E-state index >= 15 is 0 Å². The van der Waals surface area contributed by atoms with Gasteiger partial charge >= 0.3 is 11.9 Å². The average molecular weight is 537 g/mol. The van der Waals surface area contributed by atoms with Gasteiger partial charge in [0, 0.05) is 20.1 Å². The Morgan fingerprint density at radius 3 is 1.87 bits per heavy atom. The number of hydrogen-bond donors (Lipinski definition) is 0. The topological polar surface area (TPSA) is 97.4 Å². The molecule has 0 spiro atoms. The largest absolute Gasteiger partial charge is 0.494 e. The Hall–Kier alpha value is -4.43. The molecule has 0 fully saturated rings. The van der Waals surface area contributed by atoms with Gasteiger partial charge in [-0.15, -0.1) is 0 Å². The second-order valence-corrected chi connectivity index (χ2v) is 7.67. The van der Waals surface area contributed by atoms with Crippen molar-refractivity contribution in [2.24, 2.45) is 0 Å². The summed E-state index contributed by atoms with van der Waals surface area (Å²) in [6, 6.07) is 13.4. The highest BCUT2D eigenvalue weighted by atomic mass is 16.5. The van der Waals surface area contributed by atoms with Gasteiger partial charge in [-0.2, -0.15) is 0 Å². The second-order valence-electron chi connectivity index (χ2n) is 7.67. The van der Waals surface area contributed by atoms with E-state index in [1.165, 1.54) is 6.08 Å². The molecule has 0 heterocycles. The van der Waals surface area contributed by atoms with E-state index in [2.05, 4.69) is 6.58 Å². The van der Waals surface area contributed by atoms with Crippen molar-refractivity contribution in [3.63, 3.8) is 0 Å². The van der Waals surface area contributed by atoms with E-state index in [0.717, 1.165) is 6.42 Å². The molecule has 2 rings (SSSR count). The van der Waals surface area contributed by atoms with Gasteiger partial charge in [0.15, 0.2) is 0 Å². The van der Waals surface area contributed by atoms with Gasteiger partial charge in [0.1, 0.15) is 29.3 Å². The van der Waals surface area contributed by atoms with Crippen molar-refractivity contribution in [2.45, 2.75) is 27.2 Å². The molecular formula is C31H36O8. The number of hydrogen-bond acceptors (Lipinski definition) is 8. The first-order valence-electron chi connectivity index (χ1n) is 12.3. The van der Waals surface area contributed by atoms with Crippen LogP contribution in [0.2, 0.25) is 0 Å². The summed E-state index contributed by atoms with van der Waals surface area (Å²) in [6.07, 6.45) is 9.12. The summed E-state index contributed by atoms with van der Waals surface area (Å²) in [7, 11) is 1.64. The molecular weight excluding hydrogens is 500 g/mol. The normalized spacial score (nSPS) is 11.2. The van der Waals surface area contributed by atoms with Gasteiger partial charge in [-0.3, -0.25) is 4.79 Å². The van der Waals surface area contributed by atoms with Crippen molar-refractivity contribution in [3.05, 3.63) is 108 Å². The first-order valence-corrected chi connectivity index (χ1v) is 12.3. The number of carbonyl (C=O) groups is 3. The van der Waals surface area contributed by atoms with Gasteiger partial charge < -0.3 is 23.7 Å². The van der Waals surface area contributed by atoms with Crippen molar-refractivity contribution >= 4 is 18.2 Å². The van der Waals surface area contributed by atoms with Crippen molar-refractivity contribution in [1.82, 2.24) is 0 Å². The quantitative estimate of drug-likeness (QED) is 0.0698. The zero-order chi connectivity index (χ0) is 28.9.